The fourth-order valence-electron chi connectivity index (χ4n) is 2.99. The second kappa shape index (κ2) is 9.00. The lowest BCUT2D eigenvalue weighted by Gasteiger charge is -2.19. The largest absolute Gasteiger partial charge is 0.345 e. The molecule has 2 amide bonds. The molecule has 0 saturated heterocycles. The van der Waals surface area contributed by atoms with Gasteiger partial charge >= 0.3 is 0 Å². The van der Waals surface area contributed by atoms with Gasteiger partial charge in [-0.2, -0.15) is 0 Å². The van der Waals surface area contributed by atoms with Crippen LogP contribution in [0.1, 0.15) is 39.5 Å². The van der Waals surface area contributed by atoms with Gasteiger partial charge in [0.15, 0.2) is 0 Å². The molecule has 2 N–H and O–H groups in total. The quantitative estimate of drug-likeness (QED) is 0.653. The number of aryl methyl sites for hydroxylation is 2. The molecule has 0 aliphatic carbocycles. The van der Waals surface area contributed by atoms with E-state index >= 15 is 0 Å². The highest BCUT2D eigenvalue weighted by molar-refractivity contribution is 5.95. The van der Waals surface area contributed by atoms with Crippen LogP contribution in [0.2, 0.25) is 0 Å². The Morgan fingerprint density at radius 3 is 2.11 bits per heavy atom. The van der Waals surface area contributed by atoms with Crippen molar-refractivity contribution in [2.45, 2.75) is 26.3 Å². The number of nitrogens with one attached hydrogen (secondary N) is 2. The van der Waals surface area contributed by atoms with Crippen LogP contribution in [-0.4, -0.2) is 11.8 Å². The van der Waals surface area contributed by atoms with E-state index in [-0.39, 0.29) is 18.2 Å². The summed E-state index contributed by atoms with van der Waals surface area (Å²) >= 11 is 0. The van der Waals surface area contributed by atoms with Gasteiger partial charge in [-0.1, -0.05) is 54.6 Å². The smallest absolute Gasteiger partial charge is 0.251 e. The average Bonchev–Trinajstić information content (AvgIpc) is 2.71. The number of benzene rings is 3. The van der Waals surface area contributed by atoms with Gasteiger partial charge in [0.05, 0.1) is 12.5 Å². The van der Waals surface area contributed by atoms with Crippen LogP contribution < -0.4 is 10.6 Å². The molecule has 0 fully saturated rings. The van der Waals surface area contributed by atoms with Crippen molar-refractivity contribution in [2.24, 2.45) is 0 Å². The van der Waals surface area contributed by atoms with Crippen molar-refractivity contribution in [1.29, 1.82) is 0 Å². The predicted octanol–water partition coefficient (Wildman–Crippen LogP) is 4.80. The van der Waals surface area contributed by atoms with Crippen LogP contribution in [0.3, 0.4) is 0 Å². The van der Waals surface area contributed by atoms with E-state index in [1.165, 1.54) is 5.56 Å². The summed E-state index contributed by atoms with van der Waals surface area (Å²) in [6.45, 7) is 4.04. The van der Waals surface area contributed by atoms with Gasteiger partial charge in [-0.05, 0) is 54.8 Å². The zero-order valence-electron chi connectivity index (χ0n) is 16.1. The number of rotatable bonds is 6. The Kier molecular flexibility index (Phi) is 6.22. The lowest BCUT2D eigenvalue weighted by molar-refractivity contribution is -0.116. The molecule has 4 heteroatoms. The molecule has 1 atom stereocenters. The van der Waals surface area contributed by atoms with Gasteiger partial charge in [-0.15, -0.1) is 0 Å². The minimum atomic E-state index is -0.416. The number of hydrogen-bond donors (Lipinski definition) is 2. The second-order valence-electron chi connectivity index (χ2n) is 6.85. The molecular formula is C24H24N2O2. The summed E-state index contributed by atoms with van der Waals surface area (Å²) in [4.78, 5) is 25.3. The number of hydrogen-bond acceptors (Lipinski definition) is 2. The Bertz CT molecular complexity index is 953. The minimum absolute atomic E-state index is 0.148. The molecule has 3 rings (SSSR count). The molecule has 0 saturated carbocycles. The highest BCUT2D eigenvalue weighted by Gasteiger charge is 2.19. The van der Waals surface area contributed by atoms with E-state index in [2.05, 4.69) is 10.6 Å². The summed E-state index contributed by atoms with van der Waals surface area (Å²) in [6.07, 6.45) is 0.148. The minimum Gasteiger partial charge on any atom is -0.345 e. The Labute approximate surface area is 165 Å². The molecule has 0 bridgehead atoms. The maximum Gasteiger partial charge on any atom is 0.251 e. The van der Waals surface area contributed by atoms with Gasteiger partial charge in [-0.25, -0.2) is 0 Å². The highest BCUT2D eigenvalue weighted by atomic mass is 16.2. The van der Waals surface area contributed by atoms with Gasteiger partial charge in [0.1, 0.15) is 0 Å². The predicted molar refractivity (Wildman–Crippen MR) is 112 cm³/mol. The first-order valence-electron chi connectivity index (χ1n) is 9.31. The summed E-state index contributed by atoms with van der Waals surface area (Å²) in [5.41, 5.74) is 4.51. The summed E-state index contributed by atoms with van der Waals surface area (Å²) in [6, 6.07) is 24.0. The van der Waals surface area contributed by atoms with Crippen LogP contribution in [0.15, 0.2) is 78.9 Å². The topological polar surface area (TPSA) is 58.2 Å². The maximum atomic E-state index is 12.6. The van der Waals surface area contributed by atoms with Crippen LogP contribution in [-0.2, 0) is 4.79 Å². The summed E-state index contributed by atoms with van der Waals surface area (Å²) in [5.74, 6) is -0.348. The molecular weight excluding hydrogens is 348 g/mol. The molecule has 0 radical (unpaired) electrons. The standard InChI is InChI=1S/C24H24N2O2/c1-17-13-14-21(15-18(17)2)25-23(27)16-22(19-9-5-3-6-10-19)26-24(28)20-11-7-4-8-12-20/h3-15,22H,16H2,1-2H3,(H,25,27)(H,26,28). The number of anilines is 1. The fourth-order valence-corrected chi connectivity index (χ4v) is 2.99. The fraction of sp³-hybridized carbons (Fsp3) is 0.167. The summed E-state index contributed by atoms with van der Waals surface area (Å²) in [7, 11) is 0. The van der Waals surface area contributed by atoms with E-state index < -0.39 is 6.04 Å². The number of carbonyl (C=O) groups is 2. The van der Waals surface area contributed by atoms with Crippen molar-refractivity contribution >= 4 is 17.5 Å². The molecule has 3 aromatic carbocycles. The van der Waals surface area contributed by atoms with E-state index in [1.807, 2.05) is 80.6 Å². The van der Waals surface area contributed by atoms with Crippen LogP contribution in [0.5, 0.6) is 0 Å². The molecule has 142 valence electrons. The van der Waals surface area contributed by atoms with E-state index in [0.717, 1.165) is 16.8 Å². The maximum absolute atomic E-state index is 12.6. The third-order valence-corrected chi connectivity index (χ3v) is 4.72. The van der Waals surface area contributed by atoms with Gasteiger partial charge in [0.2, 0.25) is 5.91 Å². The lowest BCUT2D eigenvalue weighted by Crippen LogP contribution is -2.31. The average molecular weight is 372 g/mol. The van der Waals surface area contributed by atoms with E-state index in [1.54, 1.807) is 12.1 Å². The monoisotopic (exact) mass is 372 g/mol. The zero-order chi connectivity index (χ0) is 19.9. The molecule has 4 nitrogen and oxygen atoms in total. The highest BCUT2D eigenvalue weighted by Crippen LogP contribution is 2.20. The van der Waals surface area contributed by atoms with Gasteiger partial charge in [0.25, 0.3) is 5.91 Å². The third-order valence-electron chi connectivity index (χ3n) is 4.72. The first-order valence-corrected chi connectivity index (χ1v) is 9.31. The van der Waals surface area contributed by atoms with Gasteiger partial charge in [-0.3, -0.25) is 9.59 Å². The molecule has 1 unspecified atom stereocenters. The first kappa shape index (κ1) is 19.4. The lowest BCUT2D eigenvalue weighted by atomic mass is 10.0. The number of amides is 2. The van der Waals surface area contributed by atoms with E-state index in [9.17, 15) is 9.59 Å². The molecule has 0 aliphatic heterocycles. The normalized spacial score (nSPS) is 11.5. The van der Waals surface area contributed by atoms with Crippen molar-refractivity contribution in [2.75, 3.05) is 5.32 Å². The van der Waals surface area contributed by atoms with Crippen LogP contribution in [0, 0.1) is 13.8 Å². The second-order valence-corrected chi connectivity index (χ2v) is 6.85. The van der Waals surface area contributed by atoms with Gasteiger partial charge in [0, 0.05) is 11.3 Å². The summed E-state index contributed by atoms with van der Waals surface area (Å²) in [5, 5.41) is 5.92. The molecule has 0 aromatic heterocycles. The molecule has 0 aliphatic rings. The zero-order valence-corrected chi connectivity index (χ0v) is 16.1. The van der Waals surface area contributed by atoms with E-state index in [0.29, 0.717) is 5.56 Å². The summed E-state index contributed by atoms with van der Waals surface area (Å²) < 4.78 is 0. The molecule has 3 aromatic rings. The van der Waals surface area contributed by atoms with Crippen molar-refractivity contribution in [3.8, 4) is 0 Å². The number of carbonyl (C=O) groups excluding carboxylic acids is 2. The Balaban J connectivity index is 1.74. The van der Waals surface area contributed by atoms with Crippen molar-refractivity contribution in [3.05, 3.63) is 101 Å². The van der Waals surface area contributed by atoms with Crippen molar-refractivity contribution in [1.82, 2.24) is 5.32 Å². The third kappa shape index (κ3) is 5.07. The van der Waals surface area contributed by atoms with Crippen molar-refractivity contribution < 1.29 is 9.59 Å². The molecule has 28 heavy (non-hydrogen) atoms. The van der Waals surface area contributed by atoms with Gasteiger partial charge < -0.3 is 10.6 Å². The van der Waals surface area contributed by atoms with E-state index in [4.69, 9.17) is 0 Å². The SMILES string of the molecule is Cc1ccc(NC(=O)CC(NC(=O)c2ccccc2)c2ccccc2)cc1C. The molecule has 0 heterocycles. The first-order chi connectivity index (χ1) is 13.5. The Morgan fingerprint density at radius 2 is 1.46 bits per heavy atom. The Hall–Kier alpha value is -3.40. The van der Waals surface area contributed by atoms with Crippen molar-refractivity contribution in [3.63, 3.8) is 0 Å². The van der Waals surface area contributed by atoms with Crippen LogP contribution in [0.25, 0.3) is 0 Å². The Morgan fingerprint density at radius 1 is 0.821 bits per heavy atom. The molecule has 0 spiro atoms. The van der Waals surface area contributed by atoms with Crippen LogP contribution >= 0.6 is 0 Å². The van der Waals surface area contributed by atoms with Crippen LogP contribution in [0.4, 0.5) is 5.69 Å².